The number of carbonyl (C=O) groups excluding carboxylic acids is 3. The van der Waals surface area contributed by atoms with Crippen LogP contribution in [0.25, 0.3) is 0 Å². The monoisotopic (exact) mass is 373 g/mol. The summed E-state index contributed by atoms with van der Waals surface area (Å²) in [4.78, 5) is 37.6. The molecule has 1 atom stereocenters. The quantitative estimate of drug-likeness (QED) is 0.616. The Morgan fingerprint density at radius 3 is 2.42 bits per heavy atom. The SMILES string of the molecule is Cc1cc(C(=O)CN2C(=O)N[C@@H](CC(C)C)C2=O)c(C)n1CC(F)(F)F. The number of halogens is 3. The van der Waals surface area contributed by atoms with Crippen molar-refractivity contribution >= 4 is 17.7 Å². The van der Waals surface area contributed by atoms with Gasteiger partial charge in [-0.1, -0.05) is 13.8 Å². The number of hydrogen-bond acceptors (Lipinski definition) is 3. The summed E-state index contributed by atoms with van der Waals surface area (Å²) in [6.45, 7) is 5.01. The number of ketones is 1. The molecule has 1 aliphatic heterocycles. The van der Waals surface area contributed by atoms with Crippen molar-refractivity contribution in [2.75, 3.05) is 6.54 Å². The standard InChI is InChI=1S/C17H22F3N3O3/c1-9(2)5-13-15(25)22(16(26)21-13)7-14(24)12-6-10(3)23(11(12)4)8-17(18,19)20/h6,9,13H,5,7-8H2,1-4H3,(H,21,26)/t13-/m0/s1. The second-order valence-corrected chi connectivity index (χ2v) is 6.97. The van der Waals surface area contributed by atoms with Gasteiger partial charge in [-0.05, 0) is 32.3 Å². The van der Waals surface area contributed by atoms with Gasteiger partial charge < -0.3 is 9.88 Å². The average Bonchev–Trinajstić information content (AvgIpc) is 2.90. The van der Waals surface area contributed by atoms with Crippen LogP contribution in [0.1, 0.15) is 42.0 Å². The smallest absolute Gasteiger partial charge is 0.339 e. The fourth-order valence-electron chi connectivity index (χ4n) is 3.09. The lowest BCUT2D eigenvalue weighted by molar-refractivity contribution is -0.141. The number of Topliss-reactive ketones (excluding diaryl/α,β-unsaturated/α-hetero) is 1. The number of imide groups is 1. The van der Waals surface area contributed by atoms with E-state index in [1.54, 1.807) is 0 Å². The van der Waals surface area contributed by atoms with Crippen LogP contribution in [0.5, 0.6) is 0 Å². The van der Waals surface area contributed by atoms with Gasteiger partial charge in [-0.25, -0.2) is 4.79 Å². The first kappa shape index (κ1) is 20.0. The molecule has 0 aliphatic carbocycles. The summed E-state index contributed by atoms with van der Waals surface area (Å²) >= 11 is 0. The number of carbonyl (C=O) groups is 3. The fourth-order valence-corrected chi connectivity index (χ4v) is 3.09. The van der Waals surface area contributed by atoms with Crippen molar-refractivity contribution in [1.29, 1.82) is 0 Å². The Labute approximate surface area is 149 Å². The molecule has 3 amide bonds. The highest BCUT2D eigenvalue weighted by molar-refractivity contribution is 6.09. The number of nitrogens with one attached hydrogen (secondary N) is 1. The van der Waals surface area contributed by atoms with Gasteiger partial charge >= 0.3 is 12.2 Å². The summed E-state index contributed by atoms with van der Waals surface area (Å²) in [7, 11) is 0. The number of urea groups is 1. The van der Waals surface area contributed by atoms with Crippen molar-refractivity contribution in [3.63, 3.8) is 0 Å². The molecular weight excluding hydrogens is 351 g/mol. The topological polar surface area (TPSA) is 71.4 Å². The van der Waals surface area contributed by atoms with E-state index in [9.17, 15) is 27.6 Å². The second-order valence-electron chi connectivity index (χ2n) is 6.97. The lowest BCUT2D eigenvalue weighted by atomic mass is 10.0. The van der Waals surface area contributed by atoms with Gasteiger partial charge in [-0.2, -0.15) is 13.2 Å². The van der Waals surface area contributed by atoms with Gasteiger partial charge in [0.15, 0.2) is 5.78 Å². The molecule has 26 heavy (non-hydrogen) atoms. The van der Waals surface area contributed by atoms with E-state index >= 15 is 0 Å². The van der Waals surface area contributed by atoms with Crippen LogP contribution in [-0.4, -0.2) is 46.0 Å². The van der Waals surface area contributed by atoms with Crippen molar-refractivity contribution in [2.45, 2.75) is 52.9 Å². The van der Waals surface area contributed by atoms with Gasteiger partial charge in [0.05, 0.1) is 6.54 Å². The minimum Gasteiger partial charge on any atom is -0.339 e. The van der Waals surface area contributed by atoms with Crippen LogP contribution in [0.2, 0.25) is 0 Å². The van der Waals surface area contributed by atoms with Crippen LogP contribution in [0.15, 0.2) is 6.07 Å². The van der Waals surface area contributed by atoms with E-state index in [2.05, 4.69) is 5.32 Å². The lowest BCUT2D eigenvalue weighted by Gasteiger charge is -2.14. The molecule has 1 N–H and O–H groups in total. The Bertz CT molecular complexity index is 738. The minimum absolute atomic E-state index is 0.0830. The average molecular weight is 373 g/mol. The molecule has 0 unspecified atom stereocenters. The third kappa shape index (κ3) is 4.25. The van der Waals surface area contributed by atoms with Crippen LogP contribution < -0.4 is 5.32 Å². The van der Waals surface area contributed by atoms with Gasteiger partial charge in [0.2, 0.25) is 0 Å². The highest BCUT2D eigenvalue weighted by Gasteiger charge is 2.39. The summed E-state index contributed by atoms with van der Waals surface area (Å²) in [6, 6.07) is 0.0269. The van der Waals surface area contributed by atoms with Crippen LogP contribution >= 0.6 is 0 Å². The maximum Gasteiger partial charge on any atom is 0.406 e. The Balaban J connectivity index is 2.17. The fraction of sp³-hybridized carbons (Fsp3) is 0.588. The molecule has 2 heterocycles. The molecule has 0 bridgehead atoms. The van der Waals surface area contributed by atoms with E-state index in [1.807, 2.05) is 13.8 Å². The number of rotatable bonds is 6. The third-order valence-electron chi connectivity index (χ3n) is 4.33. The first-order valence-electron chi connectivity index (χ1n) is 8.29. The molecule has 144 valence electrons. The molecule has 6 nitrogen and oxygen atoms in total. The molecule has 9 heteroatoms. The largest absolute Gasteiger partial charge is 0.406 e. The molecular formula is C17H22F3N3O3. The number of amides is 3. The molecule has 0 radical (unpaired) electrons. The van der Waals surface area contributed by atoms with E-state index < -0.39 is 43.0 Å². The Hall–Kier alpha value is -2.32. The first-order chi connectivity index (χ1) is 11.9. The third-order valence-corrected chi connectivity index (χ3v) is 4.33. The summed E-state index contributed by atoms with van der Waals surface area (Å²) in [5.74, 6) is -0.873. The van der Waals surface area contributed by atoms with Gasteiger partial charge in [-0.3, -0.25) is 14.5 Å². The van der Waals surface area contributed by atoms with Crippen LogP contribution in [0, 0.1) is 19.8 Å². The highest BCUT2D eigenvalue weighted by Crippen LogP contribution is 2.24. The summed E-state index contributed by atoms with van der Waals surface area (Å²) < 4.78 is 39.0. The number of aromatic nitrogens is 1. The van der Waals surface area contributed by atoms with E-state index in [0.717, 1.165) is 9.47 Å². The Kier molecular flexibility index (Phi) is 5.48. The molecule has 1 aliphatic rings. The molecule has 0 saturated carbocycles. The van der Waals surface area contributed by atoms with E-state index in [1.165, 1.54) is 19.9 Å². The van der Waals surface area contributed by atoms with Gasteiger partial charge in [0, 0.05) is 17.0 Å². The second kappa shape index (κ2) is 7.13. The van der Waals surface area contributed by atoms with Crippen molar-refractivity contribution in [2.24, 2.45) is 5.92 Å². The molecule has 1 fully saturated rings. The predicted octanol–water partition coefficient (Wildman–Crippen LogP) is 2.82. The summed E-state index contributed by atoms with van der Waals surface area (Å²) in [6.07, 6.45) is -3.96. The zero-order valence-electron chi connectivity index (χ0n) is 15.1. The molecule has 2 rings (SSSR count). The lowest BCUT2D eigenvalue weighted by Crippen LogP contribution is -2.36. The van der Waals surface area contributed by atoms with Crippen molar-refractivity contribution in [3.05, 3.63) is 23.0 Å². The summed E-state index contributed by atoms with van der Waals surface area (Å²) in [5, 5.41) is 2.54. The van der Waals surface area contributed by atoms with Crippen LogP contribution in [0.4, 0.5) is 18.0 Å². The predicted molar refractivity (Wildman–Crippen MR) is 87.8 cm³/mol. The highest BCUT2D eigenvalue weighted by atomic mass is 19.4. The molecule has 0 spiro atoms. The minimum atomic E-state index is -4.41. The zero-order chi connectivity index (χ0) is 19.8. The van der Waals surface area contributed by atoms with Crippen molar-refractivity contribution in [3.8, 4) is 0 Å². The Morgan fingerprint density at radius 2 is 1.88 bits per heavy atom. The van der Waals surface area contributed by atoms with Crippen molar-refractivity contribution in [1.82, 2.24) is 14.8 Å². The zero-order valence-corrected chi connectivity index (χ0v) is 15.1. The molecule has 1 aromatic rings. The first-order valence-corrected chi connectivity index (χ1v) is 8.29. The number of alkyl halides is 3. The normalized spacial score (nSPS) is 18.0. The molecule has 0 aromatic carbocycles. The van der Waals surface area contributed by atoms with Crippen molar-refractivity contribution < 1.29 is 27.6 Å². The van der Waals surface area contributed by atoms with E-state index in [4.69, 9.17) is 0 Å². The van der Waals surface area contributed by atoms with Crippen LogP contribution in [-0.2, 0) is 11.3 Å². The molecule has 1 saturated heterocycles. The number of hydrogen-bond donors (Lipinski definition) is 1. The maximum atomic E-state index is 12.7. The van der Waals surface area contributed by atoms with Gasteiger partial charge in [0.25, 0.3) is 5.91 Å². The van der Waals surface area contributed by atoms with E-state index in [0.29, 0.717) is 6.42 Å². The number of aryl methyl sites for hydroxylation is 1. The van der Waals surface area contributed by atoms with Gasteiger partial charge in [0.1, 0.15) is 12.6 Å². The number of nitrogens with zero attached hydrogens (tertiary/aromatic N) is 2. The molecule has 1 aromatic heterocycles. The van der Waals surface area contributed by atoms with Crippen LogP contribution in [0.3, 0.4) is 0 Å². The van der Waals surface area contributed by atoms with Gasteiger partial charge in [-0.15, -0.1) is 0 Å². The van der Waals surface area contributed by atoms with E-state index in [-0.39, 0.29) is 22.9 Å². The maximum absolute atomic E-state index is 12.7. The summed E-state index contributed by atoms with van der Waals surface area (Å²) in [5.41, 5.74) is 0.535. The Morgan fingerprint density at radius 1 is 1.27 bits per heavy atom.